The second-order valence-corrected chi connectivity index (χ2v) is 4.90. The molecule has 0 unspecified atom stereocenters. The molecule has 0 spiro atoms. The van der Waals surface area contributed by atoms with E-state index in [4.69, 9.17) is 15.3 Å². The van der Waals surface area contributed by atoms with Gasteiger partial charge in [0.1, 0.15) is 0 Å². The molecule has 0 aliphatic heterocycles. The number of hydrogen-bond donors (Lipinski definition) is 3. The summed E-state index contributed by atoms with van der Waals surface area (Å²) in [6, 6.07) is 0. The van der Waals surface area contributed by atoms with Gasteiger partial charge >= 0.3 is 0 Å². The number of aliphatic hydroxyl groups is 3. The summed E-state index contributed by atoms with van der Waals surface area (Å²) in [4.78, 5) is 0. The quantitative estimate of drug-likeness (QED) is 0.628. The lowest BCUT2D eigenvalue weighted by Crippen LogP contribution is -2.32. The summed E-state index contributed by atoms with van der Waals surface area (Å²) in [7, 11) is 0. The molecule has 3 nitrogen and oxygen atoms in total. The van der Waals surface area contributed by atoms with E-state index in [0.717, 1.165) is 0 Å². The minimum Gasteiger partial charge on any atom is -0.396 e. The monoisotopic (exact) mass is 218 g/mol. The standard InChI is InChI=1S/C6H14O3.C6H12/c1-2-6(3-7,4-8)5-9;1-5-6(2,3)4/h7-9H,2-5H2,1H3;5H,1H2,2-4H3. The van der Waals surface area contributed by atoms with Gasteiger partial charge < -0.3 is 15.3 Å². The lowest BCUT2D eigenvalue weighted by atomic mass is 9.88. The largest absolute Gasteiger partial charge is 0.396 e. The van der Waals surface area contributed by atoms with Crippen LogP contribution in [0.15, 0.2) is 12.7 Å². The van der Waals surface area contributed by atoms with E-state index in [0.29, 0.717) is 11.8 Å². The minimum absolute atomic E-state index is 0.156. The van der Waals surface area contributed by atoms with E-state index in [-0.39, 0.29) is 19.8 Å². The average Bonchev–Trinajstić information content (AvgIpc) is 2.22. The summed E-state index contributed by atoms with van der Waals surface area (Å²) >= 11 is 0. The summed E-state index contributed by atoms with van der Waals surface area (Å²) in [5, 5.41) is 26.0. The van der Waals surface area contributed by atoms with Crippen molar-refractivity contribution in [2.45, 2.75) is 34.1 Å². The molecule has 0 fully saturated rings. The number of rotatable bonds is 4. The van der Waals surface area contributed by atoms with Crippen molar-refractivity contribution >= 4 is 0 Å². The van der Waals surface area contributed by atoms with Crippen LogP contribution >= 0.6 is 0 Å². The zero-order valence-electron chi connectivity index (χ0n) is 10.5. The van der Waals surface area contributed by atoms with Gasteiger partial charge in [-0.2, -0.15) is 0 Å². The van der Waals surface area contributed by atoms with Gasteiger partial charge in [-0.05, 0) is 11.8 Å². The van der Waals surface area contributed by atoms with Gasteiger partial charge in [-0.25, -0.2) is 0 Å². The van der Waals surface area contributed by atoms with E-state index in [2.05, 4.69) is 27.4 Å². The second-order valence-electron chi connectivity index (χ2n) is 4.90. The molecular formula is C12H26O3. The fourth-order valence-electron chi connectivity index (χ4n) is 0.485. The predicted octanol–water partition coefficient (Wildman–Crippen LogP) is 1.58. The maximum atomic E-state index is 8.66. The van der Waals surface area contributed by atoms with Crippen LogP contribution in [-0.4, -0.2) is 35.1 Å². The van der Waals surface area contributed by atoms with Crippen LogP contribution in [0.3, 0.4) is 0 Å². The topological polar surface area (TPSA) is 60.7 Å². The maximum Gasteiger partial charge on any atom is 0.0531 e. The van der Waals surface area contributed by atoms with Crippen molar-refractivity contribution < 1.29 is 15.3 Å². The number of allylic oxidation sites excluding steroid dienone is 1. The van der Waals surface area contributed by atoms with Crippen LogP contribution in [0, 0.1) is 10.8 Å². The third-order valence-electron chi connectivity index (χ3n) is 2.37. The van der Waals surface area contributed by atoms with E-state index in [1.165, 1.54) is 0 Å². The first kappa shape index (κ1) is 17.0. The van der Waals surface area contributed by atoms with Crippen LogP contribution in [-0.2, 0) is 0 Å². The van der Waals surface area contributed by atoms with Gasteiger partial charge in [0.15, 0.2) is 0 Å². The van der Waals surface area contributed by atoms with E-state index in [1.807, 2.05) is 13.0 Å². The minimum atomic E-state index is -0.667. The van der Waals surface area contributed by atoms with Crippen molar-refractivity contribution in [3.8, 4) is 0 Å². The molecule has 0 heterocycles. The maximum absolute atomic E-state index is 8.66. The molecular weight excluding hydrogens is 192 g/mol. The van der Waals surface area contributed by atoms with Crippen LogP contribution in [0.1, 0.15) is 34.1 Å². The molecule has 0 aromatic carbocycles. The smallest absolute Gasteiger partial charge is 0.0531 e. The van der Waals surface area contributed by atoms with Gasteiger partial charge in [0.25, 0.3) is 0 Å². The molecule has 92 valence electrons. The first-order chi connectivity index (χ1) is 6.80. The van der Waals surface area contributed by atoms with Crippen LogP contribution in [0.25, 0.3) is 0 Å². The molecule has 0 saturated heterocycles. The lowest BCUT2D eigenvalue weighted by molar-refractivity contribution is 0.00304. The molecule has 3 heteroatoms. The molecule has 0 rings (SSSR count). The average molecular weight is 218 g/mol. The Balaban J connectivity index is 0. The predicted molar refractivity (Wildman–Crippen MR) is 63.6 cm³/mol. The summed E-state index contributed by atoms with van der Waals surface area (Å²) in [6.45, 7) is 11.4. The zero-order valence-corrected chi connectivity index (χ0v) is 10.5. The first-order valence-electron chi connectivity index (χ1n) is 5.27. The first-order valence-corrected chi connectivity index (χ1v) is 5.27. The Morgan fingerprint density at radius 2 is 1.27 bits per heavy atom. The molecule has 0 atom stereocenters. The van der Waals surface area contributed by atoms with Gasteiger partial charge in [-0.1, -0.05) is 33.8 Å². The van der Waals surface area contributed by atoms with Crippen LogP contribution < -0.4 is 0 Å². The zero-order chi connectivity index (χ0) is 12.5. The van der Waals surface area contributed by atoms with Gasteiger partial charge in [0, 0.05) is 5.41 Å². The molecule has 0 aromatic rings. The third kappa shape index (κ3) is 8.60. The molecule has 0 aliphatic rings. The summed E-state index contributed by atoms with van der Waals surface area (Å²) in [6.07, 6.45) is 2.53. The van der Waals surface area contributed by atoms with Gasteiger partial charge in [0.05, 0.1) is 19.8 Å². The van der Waals surface area contributed by atoms with E-state index >= 15 is 0 Å². The highest BCUT2D eigenvalue weighted by Crippen LogP contribution is 2.18. The molecule has 0 bridgehead atoms. The number of hydrogen-bond acceptors (Lipinski definition) is 3. The molecule has 0 saturated carbocycles. The van der Waals surface area contributed by atoms with Crippen molar-refractivity contribution in [1.29, 1.82) is 0 Å². The van der Waals surface area contributed by atoms with Crippen molar-refractivity contribution in [3.05, 3.63) is 12.7 Å². The van der Waals surface area contributed by atoms with E-state index in [9.17, 15) is 0 Å². The molecule has 0 aromatic heterocycles. The Kier molecular flexibility index (Phi) is 8.92. The van der Waals surface area contributed by atoms with Crippen LogP contribution in [0.4, 0.5) is 0 Å². The van der Waals surface area contributed by atoms with Crippen LogP contribution in [0.2, 0.25) is 0 Å². The normalized spacial score (nSPS) is 11.7. The fourth-order valence-corrected chi connectivity index (χ4v) is 0.485. The number of aliphatic hydroxyl groups excluding tert-OH is 3. The molecule has 0 amide bonds. The van der Waals surface area contributed by atoms with Gasteiger partial charge in [0.2, 0.25) is 0 Å². The Morgan fingerprint density at radius 3 is 1.27 bits per heavy atom. The second kappa shape index (κ2) is 7.85. The SMILES string of the molecule is C=CC(C)(C)C.CCC(CO)(CO)CO. The summed E-state index contributed by atoms with van der Waals surface area (Å²) < 4.78 is 0. The Morgan fingerprint density at radius 1 is 1.00 bits per heavy atom. The molecule has 3 N–H and O–H groups in total. The Hall–Kier alpha value is -0.380. The van der Waals surface area contributed by atoms with Gasteiger partial charge in [-0.3, -0.25) is 0 Å². The highest BCUT2D eigenvalue weighted by molar-refractivity contribution is 4.82. The van der Waals surface area contributed by atoms with Crippen molar-refractivity contribution in [2.75, 3.05) is 19.8 Å². The van der Waals surface area contributed by atoms with E-state index in [1.54, 1.807) is 0 Å². The van der Waals surface area contributed by atoms with Crippen molar-refractivity contribution in [3.63, 3.8) is 0 Å². The van der Waals surface area contributed by atoms with E-state index < -0.39 is 5.41 Å². The third-order valence-corrected chi connectivity index (χ3v) is 2.37. The molecule has 0 aliphatic carbocycles. The van der Waals surface area contributed by atoms with Crippen molar-refractivity contribution in [1.82, 2.24) is 0 Å². The summed E-state index contributed by atoms with van der Waals surface area (Å²) in [5.74, 6) is 0. The van der Waals surface area contributed by atoms with Crippen LogP contribution in [0.5, 0.6) is 0 Å². The van der Waals surface area contributed by atoms with Crippen molar-refractivity contribution in [2.24, 2.45) is 10.8 Å². The molecule has 0 radical (unpaired) electrons. The van der Waals surface area contributed by atoms with Gasteiger partial charge in [-0.15, -0.1) is 6.58 Å². The molecule has 15 heavy (non-hydrogen) atoms. The highest BCUT2D eigenvalue weighted by Gasteiger charge is 2.24. The summed E-state index contributed by atoms with van der Waals surface area (Å²) in [5.41, 5.74) is -0.361. The Labute approximate surface area is 93.5 Å². The lowest BCUT2D eigenvalue weighted by Gasteiger charge is -2.24. The highest BCUT2D eigenvalue weighted by atomic mass is 16.3. The fraction of sp³-hybridized carbons (Fsp3) is 0.833. The Bertz CT molecular complexity index is 137.